The van der Waals surface area contributed by atoms with E-state index in [0.717, 1.165) is 5.39 Å². The summed E-state index contributed by atoms with van der Waals surface area (Å²) in [6.07, 6.45) is 3.23. The lowest BCUT2D eigenvalue weighted by atomic mass is 10.1. The molecule has 0 aliphatic rings. The molecule has 2 aromatic heterocycles. The van der Waals surface area contributed by atoms with Gasteiger partial charge >= 0.3 is 0 Å². The van der Waals surface area contributed by atoms with E-state index in [1.54, 1.807) is 30.6 Å². The third kappa shape index (κ3) is 2.46. The van der Waals surface area contributed by atoms with E-state index < -0.39 is 0 Å². The van der Waals surface area contributed by atoms with E-state index in [4.69, 9.17) is 11.6 Å². The molecule has 0 bridgehead atoms. The number of hydrogen-bond donors (Lipinski definition) is 1. The van der Waals surface area contributed by atoms with Crippen molar-refractivity contribution >= 4 is 34.1 Å². The Morgan fingerprint density at radius 1 is 1.15 bits per heavy atom. The number of nitrogens with zero attached hydrogens (tertiary/aromatic N) is 2. The molecule has 0 saturated heterocycles. The van der Waals surface area contributed by atoms with Gasteiger partial charge < -0.3 is 5.32 Å². The fourth-order valence-corrected chi connectivity index (χ4v) is 2.17. The minimum absolute atomic E-state index is 0.237. The Hall–Kier alpha value is -2.46. The second-order valence-electron chi connectivity index (χ2n) is 4.21. The minimum Gasteiger partial charge on any atom is -0.321 e. The molecule has 3 aromatic rings. The Morgan fingerprint density at radius 2 is 2.00 bits per heavy atom. The van der Waals surface area contributed by atoms with Crippen molar-refractivity contribution in [3.8, 4) is 0 Å². The van der Waals surface area contributed by atoms with Crippen LogP contribution >= 0.6 is 11.6 Å². The molecule has 5 heteroatoms. The summed E-state index contributed by atoms with van der Waals surface area (Å²) < 4.78 is 0. The van der Waals surface area contributed by atoms with Crippen LogP contribution in [0.15, 0.2) is 54.9 Å². The maximum atomic E-state index is 12.4. The first kappa shape index (κ1) is 12.6. The number of pyridine rings is 2. The molecule has 0 saturated carbocycles. The van der Waals surface area contributed by atoms with Gasteiger partial charge in [-0.1, -0.05) is 29.8 Å². The molecular weight excluding hydrogens is 274 g/mol. The number of aromatic nitrogens is 2. The molecule has 0 atom stereocenters. The van der Waals surface area contributed by atoms with E-state index in [1.165, 1.54) is 0 Å². The molecule has 0 spiro atoms. The lowest BCUT2D eigenvalue weighted by Gasteiger charge is -2.08. The van der Waals surface area contributed by atoms with E-state index in [1.807, 2.05) is 24.3 Å². The number of rotatable bonds is 2. The van der Waals surface area contributed by atoms with Crippen LogP contribution in [-0.2, 0) is 0 Å². The van der Waals surface area contributed by atoms with E-state index in [-0.39, 0.29) is 5.91 Å². The van der Waals surface area contributed by atoms with Gasteiger partial charge in [0.1, 0.15) is 5.15 Å². The number of hydrogen-bond acceptors (Lipinski definition) is 3. The van der Waals surface area contributed by atoms with E-state index in [9.17, 15) is 4.79 Å². The average Bonchev–Trinajstić information content (AvgIpc) is 2.47. The minimum atomic E-state index is -0.237. The first-order chi connectivity index (χ1) is 9.74. The highest BCUT2D eigenvalue weighted by molar-refractivity contribution is 6.30. The van der Waals surface area contributed by atoms with Gasteiger partial charge in [-0.3, -0.25) is 9.78 Å². The maximum Gasteiger partial charge on any atom is 0.256 e. The number of halogens is 1. The van der Waals surface area contributed by atoms with E-state index >= 15 is 0 Å². The zero-order chi connectivity index (χ0) is 13.9. The molecule has 1 aromatic carbocycles. The zero-order valence-corrected chi connectivity index (χ0v) is 11.1. The number of benzene rings is 1. The third-order valence-electron chi connectivity index (χ3n) is 2.85. The highest BCUT2D eigenvalue weighted by Gasteiger charge is 2.12. The van der Waals surface area contributed by atoms with Crippen LogP contribution in [0.1, 0.15) is 10.4 Å². The van der Waals surface area contributed by atoms with E-state index in [0.29, 0.717) is 21.9 Å². The Balaban J connectivity index is 2.03. The van der Waals surface area contributed by atoms with Crippen LogP contribution in [0.25, 0.3) is 10.9 Å². The summed E-state index contributed by atoms with van der Waals surface area (Å²) in [6.45, 7) is 0. The van der Waals surface area contributed by atoms with Crippen molar-refractivity contribution in [1.29, 1.82) is 0 Å². The van der Waals surface area contributed by atoms with Crippen LogP contribution in [0.4, 0.5) is 5.69 Å². The maximum absolute atomic E-state index is 12.4. The van der Waals surface area contributed by atoms with Crippen molar-refractivity contribution in [2.45, 2.75) is 0 Å². The molecule has 98 valence electrons. The molecular formula is C15H10ClN3O. The molecule has 20 heavy (non-hydrogen) atoms. The SMILES string of the molecule is O=C(Nc1cccnc1)c1cc(Cl)nc2ccccc12. The molecule has 0 unspecified atom stereocenters. The molecule has 1 N–H and O–H groups in total. The number of para-hydroxylation sites is 1. The Labute approximate surface area is 120 Å². The van der Waals surface area contributed by atoms with Gasteiger partial charge in [-0.15, -0.1) is 0 Å². The average molecular weight is 284 g/mol. The Bertz CT molecular complexity index is 774. The molecule has 3 rings (SSSR count). The van der Waals surface area contributed by atoms with Crippen LogP contribution in [0.2, 0.25) is 5.15 Å². The van der Waals surface area contributed by atoms with Crippen molar-refractivity contribution in [3.05, 3.63) is 65.6 Å². The van der Waals surface area contributed by atoms with Crippen molar-refractivity contribution < 1.29 is 4.79 Å². The fourth-order valence-electron chi connectivity index (χ4n) is 1.97. The van der Waals surface area contributed by atoms with Gasteiger partial charge in [-0.2, -0.15) is 0 Å². The topological polar surface area (TPSA) is 54.9 Å². The van der Waals surface area contributed by atoms with Crippen LogP contribution in [-0.4, -0.2) is 15.9 Å². The molecule has 1 amide bonds. The largest absolute Gasteiger partial charge is 0.321 e. The van der Waals surface area contributed by atoms with E-state index in [2.05, 4.69) is 15.3 Å². The lowest BCUT2D eigenvalue weighted by Crippen LogP contribution is -2.12. The summed E-state index contributed by atoms with van der Waals surface area (Å²) in [6, 6.07) is 12.5. The van der Waals surface area contributed by atoms with Gasteiger partial charge in [0.15, 0.2) is 0 Å². The van der Waals surface area contributed by atoms with Crippen molar-refractivity contribution in [1.82, 2.24) is 9.97 Å². The molecule has 4 nitrogen and oxygen atoms in total. The molecule has 0 fully saturated rings. The second kappa shape index (κ2) is 5.27. The number of fused-ring (bicyclic) bond motifs is 1. The summed E-state index contributed by atoms with van der Waals surface area (Å²) in [5, 5.41) is 3.84. The normalized spacial score (nSPS) is 10.4. The van der Waals surface area contributed by atoms with Gasteiger partial charge in [0.25, 0.3) is 5.91 Å². The first-order valence-corrected chi connectivity index (χ1v) is 6.38. The number of amides is 1. The third-order valence-corrected chi connectivity index (χ3v) is 3.04. The van der Waals surface area contributed by atoms with Crippen LogP contribution in [0, 0.1) is 0 Å². The summed E-state index contributed by atoms with van der Waals surface area (Å²) >= 11 is 5.97. The standard InChI is InChI=1S/C15H10ClN3O/c16-14-8-12(11-5-1-2-6-13(11)19-14)15(20)18-10-4-3-7-17-9-10/h1-9H,(H,18,20). The Kier molecular flexibility index (Phi) is 3.31. The predicted molar refractivity (Wildman–Crippen MR) is 78.9 cm³/mol. The quantitative estimate of drug-likeness (QED) is 0.732. The summed E-state index contributed by atoms with van der Waals surface area (Å²) in [5.74, 6) is -0.237. The summed E-state index contributed by atoms with van der Waals surface area (Å²) in [4.78, 5) is 20.5. The Morgan fingerprint density at radius 3 is 2.80 bits per heavy atom. The van der Waals surface area contributed by atoms with Gasteiger partial charge in [0.05, 0.1) is 23.0 Å². The first-order valence-electron chi connectivity index (χ1n) is 6.01. The number of anilines is 1. The molecule has 0 radical (unpaired) electrons. The highest BCUT2D eigenvalue weighted by atomic mass is 35.5. The lowest BCUT2D eigenvalue weighted by molar-refractivity contribution is 0.102. The van der Waals surface area contributed by atoms with Crippen LogP contribution in [0.5, 0.6) is 0 Å². The summed E-state index contributed by atoms with van der Waals surface area (Å²) in [5.41, 5.74) is 1.82. The van der Waals surface area contributed by atoms with Crippen molar-refractivity contribution in [2.75, 3.05) is 5.32 Å². The molecule has 0 aliphatic heterocycles. The second-order valence-corrected chi connectivity index (χ2v) is 4.59. The molecule has 2 heterocycles. The van der Waals surface area contributed by atoms with Gasteiger partial charge in [0.2, 0.25) is 0 Å². The van der Waals surface area contributed by atoms with Gasteiger partial charge in [-0.05, 0) is 24.3 Å². The molecule has 0 aliphatic carbocycles. The van der Waals surface area contributed by atoms with Gasteiger partial charge in [0, 0.05) is 11.6 Å². The fraction of sp³-hybridized carbons (Fsp3) is 0. The van der Waals surface area contributed by atoms with Gasteiger partial charge in [-0.25, -0.2) is 4.98 Å². The van der Waals surface area contributed by atoms with Crippen molar-refractivity contribution in [3.63, 3.8) is 0 Å². The predicted octanol–water partition coefficient (Wildman–Crippen LogP) is 3.54. The number of carbonyl (C=O) groups excluding carboxylic acids is 1. The zero-order valence-electron chi connectivity index (χ0n) is 10.4. The highest BCUT2D eigenvalue weighted by Crippen LogP contribution is 2.21. The monoisotopic (exact) mass is 283 g/mol. The summed E-state index contributed by atoms with van der Waals surface area (Å²) in [7, 11) is 0. The van der Waals surface area contributed by atoms with Crippen LogP contribution < -0.4 is 5.32 Å². The van der Waals surface area contributed by atoms with Crippen LogP contribution in [0.3, 0.4) is 0 Å². The smallest absolute Gasteiger partial charge is 0.256 e. The van der Waals surface area contributed by atoms with Crippen molar-refractivity contribution in [2.24, 2.45) is 0 Å². The number of carbonyl (C=O) groups is 1. The number of nitrogens with one attached hydrogen (secondary N) is 1.